The lowest BCUT2D eigenvalue weighted by Crippen LogP contribution is -2.57. The van der Waals surface area contributed by atoms with Crippen LogP contribution in [0.15, 0.2) is 34.9 Å². The number of imide groups is 1. The Bertz CT molecular complexity index is 840. The van der Waals surface area contributed by atoms with E-state index in [-0.39, 0.29) is 11.9 Å². The monoisotopic (exact) mass is 369 g/mol. The highest BCUT2D eigenvalue weighted by molar-refractivity contribution is 6.07. The normalized spacial score (nSPS) is 19.2. The molecule has 0 bridgehead atoms. The van der Waals surface area contributed by atoms with E-state index in [4.69, 9.17) is 4.52 Å². The van der Waals surface area contributed by atoms with Gasteiger partial charge in [-0.15, -0.1) is 0 Å². The van der Waals surface area contributed by atoms with Crippen molar-refractivity contribution < 1.29 is 14.1 Å². The lowest BCUT2D eigenvalue weighted by Gasteiger charge is -2.42. The zero-order valence-corrected chi connectivity index (χ0v) is 15.5. The van der Waals surface area contributed by atoms with Crippen LogP contribution in [0.3, 0.4) is 0 Å². The first-order valence-corrected chi connectivity index (χ1v) is 9.27. The average Bonchev–Trinajstić information content (AvgIpc) is 3.23. The molecule has 3 heterocycles. The third-order valence-electron chi connectivity index (χ3n) is 5.26. The summed E-state index contributed by atoms with van der Waals surface area (Å²) in [7, 11) is 0. The van der Waals surface area contributed by atoms with Crippen LogP contribution >= 0.6 is 0 Å². The van der Waals surface area contributed by atoms with Crippen molar-refractivity contribution >= 4 is 17.9 Å². The number of hydrogen-bond acceptors (Lipinski definition) is 6. The topological polar surface area (TPSA) is 91.6 Å². The summed E-state index contributed by atoms with van der Waals surface area (Å²) in [5.41, 5.74) is 0.109. The zero-order chi connectivity index (χ0) is 19.0. The predicted octanol–water partition coefficient (Wildman–Crippen LogP) is 2.28. The van der Waals surface area contributed by atoms with Gasteiger partial charge in [0, 0.05) is 25.2 Å². The number of amides is 3. The first kappa shape index (κ1) is 17.5. The van der Waals surface area contributed by atoms with Gasteiger partial charge >= 0.3 is 6.03 Å². The lowest BCUT2D eigenvalue weighted by molar-refractivity contribution is -0.127. The fourth-order valence-corrected chi connectivity index (χ4v) is 3.84. The molecular weight excluding hydrogens is 346 g/mol. The third-order valence-corrected chi connectivity index (χ3v) is 5.26. The minimum absolute atomic E-state index is 0.189. The van der Waals surface area contributed by atoms with Gasteiger partial charge in [-0.25, -0.2) is 4.79 Å². The van der Waals surface area contributed by atoms with Crippen molar-refractivity contribution in [3.8, 4) is 11.5 Å². The zero-order valence-electron chi connectivity index (χ0n) is 15.5. The van der Waals surface area contributed by atoms with Gasteiger partial charge in [-0.1, -0.05) is 32.0 Å². The Morgan fingerprint density at radius 2 is 1.89 bits per heavy atom. The number of urea groups is 1. The Morgan fingerprint density at radius 1 is 1.19 bits per heavy atom. The fraction of sp³-hybridized carbons (Fsp3) is 0.474. The van der Waals surface area contributed by atoms with Crippen LogP contribution in [0.2, 0.25) is 0 Å². The van der Waals surface area contributed by atoms with Crippen LogP contribution in [0.25, 0.3) is 11.5 Å². The summed E-state index contributed by atoms with van der Waals surface area (Å²) in [6, 6.07) is 9.32. The van der Waals surface area contributed by atoms with Crippen molar-refractivity contribution in [3.63, 3.8) is 0 Å². The van der Waals surface area contributed by atoms with Gasteiger partial charge in [-0.2, -0.15) is 4.98 Å². The van der Waals surface area contributed by atoms with Gasteiger partial charge in [0.15, 0.2) is 0 Å². The first-order chi connectivity index (χ1) is 13.0. The molecular formula is C19H23N5O3. The van der Waals surface area contributed by atoms with Gasteiger partial charge in [0.05, 0.1) is 0 Å². The maximum absolute atomic E-state index is 12.5. The molecule has 3 amide bonds. The Labute approximate surface area is 157 Å². The third kappa shape index (κ3) is 3.05. The molecule has 0 atom stereocenters. The summed E-state index contributed by atoms with van der Waals surface area (Å²) in [5.74, 6) is 1.10. The molecule has 1 aromatic heterocycles. The van der Waals surface area contributed by atoms with E-state index in [1.165, 1.54) is 0 Å². The van der Waals surface area contributed by atoms with Gasteiger partial charge in [0.25, 0.3) is 17.7 Å². The standard InChI is InChI=1S/C19H23N5O3/c1-13(2)12-24-18(26)21-16(25)19(24)8-10-23(11-9-19)17-20-15(27-22-17)14-6-4-3-5-7-14/h3-7,13H,8-12H2,1-2H3,(H,21,25,26). The van der Waals surface area contributed by atoms with E-state index in [2.05, 4.69) is 15.5 Å². The molecule has 0 aliphatic carbocycles. The number of rotatable bonds is 4. The van der Waals surface area contributed by atoms with Gasteiger partial charge in [-0.05, 0) is 36.0 Å². The van der Waals surface area contributed by atoms with Crippen molar-refractivity contribution in [3.05, 3.63) is 30.3 Å². The van der Waals surface area contributed by atoms with Crippen molar-refractivity contribution in [2.45, 2.75) is 32.2 Å². The Hall–Kier alpha value is -2.90. The summed E-state index contributed by atoms with van der Waals surface area (Å²) in [5, 5.41) is 6.58. The van der Waals surface area contributed by atoms with Crippen LogP contribution in [0.1, 0.15) is 26.7 Å². The van der Waals surface area contributed by atoms with Gasteiger partial charge in [0.1, 0.15) is 5.54 Å². The lowest BCUT2D eigenvalue weighted by atomic mass is 9.85. The smallest absolute Gasteiger partial charge is 0.325 e. The SMILES string of the molecule is CC(C)CN1C(=O)NC(=O)C12CCN(c1noc(-c3ccccc3)n1)CC2. The molecule has 0 radical (unpaired) electrons. The number of aromatic nitrogens is 2. The average molecular weight is 369 g/mol. The van der Waals surface area contributed by atoms with Crippen LogP contribution in [-0.2, 0) is 4.79 Å². The number of benzene rings is 1. The Kier molecular flexibility index (Phi) is 4.33. The fourth-order valence-electron chi connectivity index (χ4n) is 3.84. The highest BCUT2D eigenvalue weighted by Gasteiger charge is 2.54. The van der Waals surface area contributed by atoms with Crippen molar-refractivity contribution in [2.24, 2.45) is 5.92 Å². The number of carbonyl (C=O) groups excluding carboxylic acids is 2. The Balaban J connectivity index is 1.49. The maximum Gasteiger partial charge on any atom is 0.325 e. The van der Waals surface area contributed by atoms with Crippen LogP contribution in [0.5, 0.6) is 0 Å². The second kappa shape index (κ2) is 6.68. The number of piperidine rings is 1. The number of nitrogens with one attached hydrogen (secondary N) is 1. The number of carbonyl (C=O) groups is 2. The molecule has 2 fully saturated rings. The molecule has 2 aliphatic heterocycles. The van der Waals surface area contributed by atoms with E-state index < -0.39 is 5.54 Å². The molecule has 1 aromatic carbocycles. The largest absolute Gasteiger partial charge is 0.338 e. The quantitative estimate of drug-likeness (QED) is 0.832. The summed E-state index contributed by atoms with van der Waals surface area (Å²) in [6.45, 7) is 5.83. The molecule has 1 spiro atoms. The summed E-state index contributed by atoms with van der Waals surface area (Å²) >= 11 is 0. The molecule has 4 rings (SSSR count). The molecule has 27 heavy (non-hydrogen) atoms. The number of hydrogen-bond donors (Lipinski definition) is 1. The predicted molar refractivity (Wildman–Crippen MR) is 99.0 cm³/mol. The molecule has 142 valence electrons. The summed E-state index contributed by atoms with van der Waals surface area (Å²) < 4.78 is 5.39. The Morgan fingerprint density at radius 3 is 2.56 bits per heavy atom. The second-order valence-electron chi connectivity index (χ2n) is 7.55. The van der Waals surface area contributed by atoms with Crippen molar-refractivity contribution in [2.75, 3.05) is 24.5 Å². The van der Waals surface area contributed by atoms with Crippen molar-refractivity contribution in [1.29, 1.82) is 0 Å². The molecule has 0 unspecified atom stereocenters. The van der Waals surface area contributed by atoms with Gasteiger partial charge in [0.2, 0.25) is 0 Å². The summed E-state index contributed by atoms with van der Waals surface area (Å²) in [6.07, 6.45) is 1.10. The van der Waals surface area contributed by atoms with Crippen molar-refractivity contribution in [1.82, 2.24) is 20.4 Å². The molecule has 2 saturated heterocycles. The van der Waals surface area contributed by atoms with E-state index in [1.807, 2.05) is 49.1 Å². The van der Waals surface area contributed by atoms with Gasteiger partial charge in [-0.3, -0.25) is 10.1 Å². The van der Waals surface area contributed by atoms with E-state index in [0.29, 0.717) is 50.2 Å². The second-order valence-corrected chi connectivity index (χ2v) is 7.55. The molecule has 8 heteroatoms. The minimum atomic E-state index is -0.760. The van der Waals surface area contributed by atoms with Crippen LogP contribution in [-0.4, -0.2) is 52.2 Å². The molecule has 2 aromatic rings. The molecule has 2 aliphatic rings. The van der Waals surface area contributed by atoms with Gasteiger partial charge < -0.3 is 14.3 Å². The molecule has 8 nitrogen and oxygen atoms in total. The number of nitrogens with zero attached hydrogens (tertiary/aromatic N) is 4. The maximum atomic E-state index is 12.5. The van der Waals surface area contributed by atoms with E-state index in [0.717, 1.165) is 5.56 Å². The van der Waals surface area contributed by atoms with E-state index >= 15 is 0 Å². The van der Waals surface area contributed by atoms with Crippen LogP contribution in [0, 0.1) is 5.92 Å². The minimum Gasteiger partial charge on any atom is -0.338 e. The number of anilines is 1. The highest BCUT2D eigenvalue weighted by atomic mass is 16.5. The van der Waals surface area contributed by atoms with Crippen LogP contribution < -0.4 is 10.2 Å². The highest BCUT2D eigenvalue weighted by Crippen LogP contribution is 2.35. The van der Waals surface area contributed by atoms with Crippen LogP contribution in [0.4, 0.5) is 10.7 Å². The van der Waals surface area contributed by atoms with E-state index in [1.54, 1.807) is 4.90 Å². The van der Waals surface area contributed by atoms with E-state index in [9.17, 15) is 9.59 Å². The molecule has 0 saturated carbocycles. The first-order valence-electron chi connectivity index (χ1n) is 9.27. The summed E-state index contributed by atoms with van der Waals surface area (Å²) in [4.78, 5) is 33.0. The molecule has 1 N–H and O–H groups in total.